The SMILES string of the molecule is NS(=O)(=O)c1ccc(-c2oc3cc(F)ccc3c(=O)c2-c2ccc(F)nc2)cc1. The topological polar surface area (TPSA) is 103 Å². The zero-order valence-corrected chi connectivity index (χ0v) is 15.4. The van der Waals surface area contributed by atoms with Crippen molar-refractivity contribution in [2.75, 3.05) is 0 Å². The minimum atomic E-state index is -3.91. The van der Waals surface area contributed by atoms with Gasteiger partial charge in [0.05, 0.1) is 15.8 Å². The number of nitrogens with two attached hydrogens (primary N) is 1. The number of halogens is 2. The van der Waals surface area contributed by atoms with Crippen molar-refractivity contribution in [3.8, 4) is 22.5 Å². The second-order valence-electron chi connectivity index (χ2n) is 6.21. The van der Waals surface area contributed by atoms with Crippen LogP contribution in [0.3, 0.4) is 0 Å². The van der Waals surface area contributed by atoms with E-state index in [4.69, 9.17) is 9.56 Å². The number of fused-ring (bicyclic) bond motifs is 1. The van der Waals surface area contributed by atoms with Crippen molar-refractivity contribution in [3.05, 3.63) is 82.8 Å². The first-order chi connectivity index (χ1) is 13.7. The van der Waals surface area contributed by atoms with Crippen LogP contribution in [0.15, 0.2) is 74.9 Å². The molecule has 29 heavy (non-hydrogen) atoms. The van der Waals surface area contributed by atoms with E-state index in [2.05, 4.69) is 4.98 Å². The number of hydrogen-bond donors (Lipinski definition) is 1. The Kier molecular flexibility index (Phi) is 4.48. The first kappa shape index (κ1) is 18.9. The van der Waals surface area contributed by atoms with Gasteiger partial charge in [-0.15, -0.1) is 0 Å². The average molecular weight is 414 g/mol. The molecule has 2 aromatic carbocycles. The molecule has 0 fully saturated rings. The van der Waals surface area contributed by atoms with Crippen LogP contribution in [0, 0.1) is 11.8 Å². The molecular formula is C20H12F2N2O4S. The molecular weight excluding hydrogens is 402 g/mol. The highest BCUT2D eigenvalue weighted by atomic mass is 32.2. The fraction of sp³-hybridized carbons (Fsp3) is 0. The summed E-state index contributed by atoms with van der Waals surface area (Å²) >= 11 is 0. The molecule has 4 aromatic rings. The Morgan fingerprint density at radius 1 is 0.931 bits per heavy atom. The lowest BCUT2D eigenvalue weighted by molar-refractivity contribution is 0.583. The number of rotatable bonds is 3. The maximum absolute atomic E-state index is 13.7. The fourth-order valence-corrected chi connectivity index (χ4v) is 3.47. The van der Waals surface area contributed by atoms with Crippen LogP contribution in [0.25, 0.3) is 33.4 Å². The van der Waals surface area contributed by atoms with Crippen LogP contribution in [0.2, 0.25) is 0 Å². The van der Waals surface area contributed by atoms with E-state index in [-0.39, 0.29) is 32.8 Å². The van der Waals surface area contributed by atoms with E-state index in [1.165, 1.54) is 42.6 Å². The van der Waals surface area contributed by atoms with Crippen molar-refractivity contribution in [3.63, 3.8) is 0 Å². The summed E-state index contributed by atoms with van der Waals surface area (Å²) in [5.41, 5.74) is 0.265. The monoisotopic (exact) mass is 414 g/mol. The molecule has 0 saturated heterocycles. The summed E-state index contributed by atoms with van der Waals surface area (Å²) in [5.74, 6) is -1.25. The third-order valence-corrected chi connectivity index (χ3v) is 5.24. The van der Waals surface area contributed by atoms with Crippen LogP contribution in [0.4, 0.5) is 8.78 Å². The number of hydrogen-bond acceptors (Lipinski definition) is 5. The Hall–Kier alpha value is -3.43. The summed E-state index contributed by atoms with van der Waals surface area (Å²) in [7, 11) is -3.91. The van der Waals surface area contributed by atoms with E-state index in [0.717, 1.165) is 18.2 Å². The Bertz CT molecular complexity index is 1400. The molecule has 2 N–H and O–H groups in total. The van der Waals surface area contributed by atoms with Gasteiger partial charge in [0.25, 0.3) is 0 Å². The smallest absolute Gasteiger partial charge is 0.238 e. The number of benzene rings is 2. The quantitative estimate of drug-likeness (QED) is 0.517. The number of pyridine rings is 1. The van der Waals surface area contributed by atoms with E-state index in [1.807, 2.05) is 0 Å². The molecule has 0 amide bonds. The van der Waals surface area contributed by atoms with E-state index in [1.54, 1.807) is 0 Å². The Morgan fingerprint density at radius 3 is 2.24 bits per heavy atom. The molecule has 0 aliphatic rings. The van der Waals surface area contributed by atoms with Gasteiger partial charge in [0.2, 0.25) is 21.4 Å². The fourth-order valence-electron chi connectivity index (χ4n) is 2.95. The van der Waals surface area contributed by atoms with Crippen molar-refractivity contribution >= 4 is 21.0 Å². The zero-order valence-electron chi connectivity index (χ0n) is 14.6. The molecule has 0 atom stereocenters. The molecule has 2 aromatic heterocycles. The van der Waals surface area contributed by atoms with Crippen molar-refractivity contribution in [1.82, 2.24) is 4.98 Å². The van der Waals surface area contributed by atoms with Gasteiger partial charge in [-0.1, -0.05) is 0 Å². The minimum Gasteiger partial charge on any atom is -0.455 e. The second kappa shape index (κ2) is 6.87. The summed E-state index contributed by atoms with van der Waals surface area (Å²) < 4.78 is 55.7. The third kappa shape index (κ3) is 3.53. The maximum Gasteiger partial charge on any atom is 0.238 e. The third-order valence-electron chi connectivity index (χ3n) is 4.32. The molecule has 0 aliphatic carbocycles. The summed E-state index contributed by atoms with van der Waals surface area (Å²) in [6, 6.07) is 11.3. The van der Waals surface area contributed by atoms with Gasteiger partial charge in [-0.2, -0.15) is 4.39 Å². The van der Waals surface area contributed by atoms with E-state index >= 15 is 0 Å². The lowest BCUT2D eigenvalue weighted by Crippen LogP contribution is -2.12. The van der Waals surface area contributed by atoms with Crippen molar-refractivity contribution in [2.45, 2.75) is 4.90 Å². The molecule has 0 radical (unpaired) electrons. The van der Waals surface area contributed by atoms with Gasteiger partial charge in [-0.25, -0.2) is 22.9 Å². The van der Waals surface area contributed by atoms with Gasteiger partial charge in [0.15, 0.2) is 0 Å². The number of aromatic nitrogens is 1. The molecule has 0 unspecified atom stereocenters. The minimum absolute atomic E-state index is 0.0133. The molecule has 0 saturated carbocycles. The largest absolute Gasteiger partial charge is 0.455 e. The normalized spacial score (nSPS) is 11.7. The molecule has 0 bridgehead atoms. The average Bonchev–Trinajstić information content (AvgIpc) is 2.68. The molecule has 146 valence electrons. The van der Waals surface area contributed by atoms with Crippen LogP contribution in [0.1, 0.15) is 0 Å². The standard InChI is InChI=1S/C20H12F2N2O4S/c21-13-4-7-15-16(9-13)28-20(11-1-5-14(6-2-11)29(23,26)27)18(19(15)25)12-3-8-17(22)24-10-12/h1-10H,(H2,23,26,27). The summed E-state index contributed by atoms with van der Waals surface area (Å²) in [5, 5.41) is 5.24. The van der Waals surface area contributed by atoms with Gasteiger partial charge < -0.3 is 4.42 Å². The highest BCUT2D eigenvalue weighted by Gasteiger charge is 2.19. The molecule has 0 spiro atoms. The number of sulfonamides is 1. The zero-order chi connectivity index (χ0) is 20.8. The lowest BCUT2D eigenvalue weighted by Gasteiger charge is -2.11. The van der Waals surface area contributed by atoms with Gasteiger partial charge in [0.1, 0.15) is 17.2 Å². The first-order valence-electron chi connectivity index (χ1n) is 8.25. The van der Waals surface area contributed by atoms with Crippen LogP contribution in [-0.4, -0.2) is 13.4 Å². The second-order valence-corrected chi connectivity index (χ2v) is 7.78. The molecule has 0 aliphatic heterocycles. The Labute approximate surface area is 163 Å². The maximum atomic E-state index is 13.7. The van der Waals surface area contributed by atoms with Crippen molar-refractivity contribution in [2.24, 2.45) is 5.14 Å². The van der Waals surface area contributed by atoms with E-state index in [0.29, 0.717) is 5.56 Å². The number of primary sulfonamides is 1. The van der Waals surface area contributed by atoms with Crippen LogP contribution in [0.5, 0.6) is 0 Å². The van der Waals surface area contributed by atoms with Gasteiger partial charge in [-0.05, 0) is 48.5 Å². The molecule has 2 heterocycles. The van der Waals surface area contributed by atoms with Crippen LogP contribution >= 0.6 is 0 Å². The van der Waals surface area contributed by atoms with E-state index < -0.39 is 27.2 Å². The Morgan fingerprint density at radius 2 is 1.62 bits per heavy atom. The van der Waals surface area contributed by atoms with Crippen molar-refractivity contribution in [1.29, 1.82) is 0 Å². The van der Waals surface area contributed by atoms with Gasteiger partial charge >= 0.3 is 0 Å². The van der Waals surface area contributed by atoms with Crippen LogP contribution in [-0.2, 0) is 10.0 Å². The van der Waals surface area contributed by atoms with Crippen LogP contribution < -0.4 is 10.6 Å². The van der Waals surface area contributed by atoms with E-state index in [9.17, 15) is 22.0 Å². The lowest BCUT2D eigenvalue weighted by atomic mass is 9.99. The highest BCUT2D eigenvalue weighted by Crippen LogP contribution is 2.33. The summed E-state index contributed by atoms with van der Waals surface area (Å²) in [4.78, 5) is 16.6. The number of nitrogens with zero attached hydrogens (tertiary/aromatic N) is 1. The molecule has 9 heteroatoms. The molecule has 6 nitrogen and oxygen atoms in total. The highest BCUT2D eigenvalue weighted by molar-refractivity contribution is 7.89. The predicted molar refractivity (Wildman–Crippen MR) is 102 cm³/mol. The predicted octanol–water partition coefficient (Wildman–Crippen LogP) is 3.45. The first-order valence-corrected chi connectivity index (χ1v) is 9.80. The molecule has 4 rings (SSSR count). The van der Waals surface area contributed by atoms with Gasteiger partial charge in [0, 0.05) is 23.4 Å². The van der Waals surface area contributed by atoms with Gasteiger partial charge in [-0.3, -0.25) is 4.79 Å². The van der Waals surface area contributed by atoms with Crippen molar-refractivity contribution < 1.29 is 21.6 Å². The Balaban J connectivity index is 2.04. The summed E-state index contributed by atoms with van der Waals surface area (Å²) in [6.45, 7) is 0. The summed E-state index contributed by atoms with van der Waals surface area (Å²) in [6.07, 6.45) is 1.18.